The van der Waals surface area contributed by atoms with E-state index in [2.05, 4.69) is 5.32 Å². The number of aromatic nitrogens is 2. The predicted molar refractivity (Wildman–Crippen MR) is 166 cm³/mol. The Morgan fingerprint density at radius 3 is 1.98 bits per heavy atom. The molecule has 1 N–H and O–H groups in total. The first-order valence-corrected chi connectivity index (χ1v) is 16.4. The standard InChI is InChI=1S/C33H38N4O6S/c1-5-42-32(38)28-22(3)34-23(4)29(33(39)43-6-2)30(28)27-21-37(25-13-9-7-10-14-25)35-31(27)24-15-17-26(18-16-24)44(40,41)36-19-11-8-12-20-36/h7,9-10,13-18,21,30,34H,5-6,8,11-12,19-20H2,1-4H3. The average Bonchev–Trinajstić information content (AvgIpc) is 3.47. The van der Waals surface area contributed by atoms with Gasteiger partial charge in [0.15, 0.2) is 0 Å². The van der Waals surface area contributed by atoms with Crippen LogP contribution in [0.3, 0.4) is 0 Å². The molecule has 0 atom stereocenters. The lowest BCUT2D eigenvalue weighted by atomic mass is 9.79. The molecule has 0 saturated carbocycles. The van der Waals surface area contributed by atoms with Crippen molar-refractivity contribution in [1.29, 1.82) is 0 Å². The molecule has 10 nitrogen and oxygen atoms in total. The first-order valence-electron chi connectivity index (χ1n) is 15.0. The summed E-state index contributed by atoms with van der Waals surface area (Å²) in [5.74, 6) is -1.98. The number of esters is 2. The van der Waals surface area contributed by atoms with E-state index in [9.17, 15) is 18.0 Å². The molecule has 2 aliphatic rings. The highest BCUT2D eigenvalue weighted by Gasteiger charge is 2.40. The molecule has 3 heterocycles. The summed E-state index contributed by atoms with van der Waals surface area (Å²) in [5, 5.41) is 8.09. The van der Waals surface area contributed by atoms with E-state index in [0.29, 0.717) is 41.3 Å². The zero-order valence-electron chi connectivity index (χ0n) is 25.5. The number of hydrogen-bond acceptors (Lipinski definition) is 8. The second-order valence-electron chi connectivity index (χ2n) is 10.8. The molecule has 5 rings (SSSR count). The third-order valence-electron chi connectivity index (χ3n) is 7.91. The van der Waals surface area contributed by atoms with Crippen molar-refractivity contribution in [3.63, 3.8) is 0 Å². The van der Waals surface area contributed by atoms with Gasteiger partial charge in [-0.15, -0.1) is 0 Å². The topological polar surface area (TPSA) is 120 Å². The number of allylic oxidation sites excluding steroid dienone is 2. The average molecular weight is 619 g/mol. The molecule has 11 heteroatoms. The van der Waals surface area contributed by atoms with Crippen molar-refractivity contribution in [2.24, 2.45) is 0 Å². The predicted octanol–water partition coefficient (Wildman–Crippen LogP) is 5.07. The van der Waals surface area contributed by atoms with Gasteiger partial charge >= 0.3 is 11.9 Å². The number of piperidine rings is 1. The summed E-state index contributed by atoms with van der Waals surface area (Å²) in [6, 6.07) is 16.1. The molecule has 3 aromatic rings. The van der Waals surface area contributed by atoms with Gasteiger partial charge in [-0.2, -0.15) is 9.40 Å². The van der Waals surface area contributed by atoms with E-state index >= 15 is 0 Å². The quantitative estimate of drug-likeness (QED) is 0.330. The number of nitrogens with one attached hydrogen (secondary N) is 1. The first-order chi connectivity index (χ1) is 21.2. The lowest BCUT2D eigenvalue weighted by Gasteiger charge is -2.30. The van der Waals surface area contributed by atoms with E-state index in [1.165, 1.54) is 4.31 Å². The number of benzene rings is 2. The molecule has 1 saturated heterocycles. The number of hydrogen-bond donors (Lipinski definition) is 1. The Morgan fingerprint density at radius 1 is 0.864 bits per heavy atom. The minimum Gasteiger partial charge on any atom is -0.463 e. The largest absolute Gasteiger partial charge is 0.463 e. The third kappa shape index (κ3) is 6.07. The number of carbonyl (C=O) groups excluding carboxylic acids is 2. The Labute approximate surface area is 258 Å². The molecule has 1 aromatic heterocycles. The lowest BCUT2D eigenvalue weighted by Crippen LogP contribution is -2.35. The van der Waals surface area contributed by atoms with E-state index in [0.717, 1.165) is 24.9 Å². The molecule has 0 spiro atoms. The van der Waals surface area contributed by atoms with Crippen LogP contribution in [-0.2, 0) is 29.1 Å². The number of para-hydroxylation sites is 1. The van der Waals surface area contributed by atoms with E-state index in [1.807, 2.05) is 30.3 Å². The third-order valence-corrected chi connectivity index (χ3v) is 9.82. The van der Waals surface area contributed by atoms with Gasteiger partial charge in [0.1, 0.15) is 0 Å². The van der Waals surface area contributed by atoms with Gasteiger partial charge in [0.2, 0.25) is 10.0 Å². The Hall–Kier alpha value is -4.22. The lowest BCUT2D eigenvalue weighted by molar-refractivity contribution is -0.139. The van der Waals surface area contributed by atoms with Gasteiger partial charge in [-0.05, 0) is 64.8 Å². The maximum absolute atomic E-state index is 13.5. The van der Waals surface area contributed by atoms with Crippen LogP contribution in [0.5, 0.6) is 0 Å². The monoisotopic (exact) mass is 618 g/mol. The molecule has 0 unspecified atom stereocenters. The van der Waals surface area contributed by atoms with E-state index < -0.39 is 27.9 Å². The van der Waals surface area contributed by atoms with Crippen molar-refractivity contribution in [3.8, 4) is 16.9 Å². The highest BCUT2D eigenvalue weighted by Crippen LogP contribution is 2.43. The maximum atomic E-state index is 13.5. The summed E-state index contributed by atoms with van der Waals surface area (Å²) in [6.07, 6.45) is 4.52. The second kappa shape index (κ2) is 13.2. The fraction of sp³-hybridized carbons (Fsp3) is 0.364. The molecule has 2 aromatic carbocycles. The number of rotatable bonds is 9. The van der Waals surface area contributed by atoms with Crippen molar-refractivity contribution < 1.29 is 27.5 Å². The Bertz CT molecular complexity index is 1660. The van der Waals surface area contributed by atoms with Crippen LogP contribution in [0.15, 0.2) is 88.2 Å². The van der Waals surface area contributed by atoms with Gasteiger partial charge in [0.25, 0.3) is 0 Å². The number of ether oxygens (including phenoxy) is 2. The highest BCUT2D eigenvalue weighted by atomic mass is 32.2. The molecule has 0 bridgehead atoms. The van der Waals surface area contributed by atoms with Gasteiger partial charge in [-0.3, -0.25) is 0 Å². The Balaban J connectivity index is 1.69. The minimum atomic E-state index is -3.63. The summed E-state index contributed by atoms with van der Waals surface area (Å²) in [5.41, 5.74) is 4.14. The fourth-order valence-electron chi connectivity index (χ4n) is 5.84. The van der Waals surface area contributed by atoms with Crippen LogP contribution >= 0.6 is 0 Å². The van der Waals surface area contributed by atoms with Crippen LogP contribution in [-0.4, -0.2) is 60.7 Å². The summed E-state index contributed by atoms with van der Waals surface area (Å²) >= 11 is 0. The first kappa shape index (κ1) is 31.2. The van der Waals surface area contributed by atoms with Crippen LogP contribution < -0.4 is 5.32 Å². The number of dihydropyridines is 1. The van der Waals surface area contributed by atoms with Crippen LogP contribution in [0.2, 0.25) is 0 Å². The van der Waals surface area contributed by atoms with Crippen molar-refractivity contribution in [2.75, 3.05) is 26.3 Å². The van der Waals surface area contributed by atoms with Gasteiger partial charge in [0.05, 0.1) is 46.6 Å². The summed E-state index contributed by atoms with van der Waals surface area (Å²) in [4.78, 5) is 27.1. The highest BCUT2D eigenvalue weighted by molar-refractivity contribution is 7.89. The van der Waals surface area contributed by atoms with Crippen LogP contribution in [0.25, 0.3) is 16.9 Å². The van der Waals surface area contributed by atoms with E-state index in [-0.39, 0.29) is 29.3 Å². The zero-order chi connectivity index (χ0) is 31.4. The summed E-state index contributed by atoms with van der Waals surface area (Å²) in [7, 11) is -3.63. The van der Waals surface area contributed by atoms with Gasteiger partial charge < -0.3 is 14.8 Å². The minimum absolute atomic E-state index is 0.156. The molecule has 232 valence electrons. The fourth-order valence-corrected chi connectivity index (χ4v) is 7.36. The van der Waals surface area contributed by atoms with Crippen molar-refractivity contribution in [2.45, 2.75) is 57.8 Å². The number of sulfonamides is 1. The summed E-state index contributed by atoms with van der Waals surface area (Å²) < 4.78 is 40.9. The van der Waals surface area contributed by atoms with Crippen LogP contribution in [0, 0.1) is 0 Å². The number of nitrogens with zero attached hydrogens (tertiary/aromatic N) is 3. The van der Waals surface area contributed by atoms with E-state index in [1.54, 1.807) is 62.8 Å². The van der Waals surface area contributed by atoms with Crippen molar-refractivity contribution in [3.05, 3.63) is 88.9 Å². The van der Waals surface area contributed by atoms with E-state index in [4.69, 9.17) is 14.6 Å². The molecular formula is C33H38N4O6S. The molecular weight excluding hydrogens is 580 g/mol. The molecule has 2 aliphatic heterocycles. The Kier molecular flexibility index (Phi) is 9.36. The molecule has 44 heavy (non-hydrogen) atoms. The zero-order valence-corrected chi connectivity index (χ0v) is 26.3. The number of carbonyl (C=O) groups is 2. The van der Waals surface area contributed by atoms with Crippen molar-refractivity contribution >= 4 is 22.0 Å². The van der Waals surface area contributed by atoms with Gasteiger partial charge in [0, 0.05) is 41.8 Å². The molecule has 0 amide bonds. The van der Waals surface area contributed by atoms with Crippen LogP contribution in [0.4, 0.5) is 0 Å². The van der Waals surface area contributed by atoms with Crippen LogP contribution in [0.1, 0.15) is 58.4 Å². The second-order valence-corrected chi connectivity index (χ2v) is 12.7. The SMILES string of the molecule is CCOC(=O)C1=C(C)NC(C)=C(C(=O)OCC)C1c1cn(-c2ccccc2)nc1-c1ccc(S(=O)(=O)N2CCCCC2)cc1. The van der Waals surface area contributed by atoms with Gasteiger partial charge in [-0.1, -0.05) is 36.8 Å². The molecule has 0 radical (unpaired) electrons. The molecule has 1 fully saturated rings. The normalized spacial score (nSPS) is 16.5. The maximum Gasteiger partial charge on any atom is 0.336 e. The van der Waals surface area contributed by atoms with Gasteiger partial charge in [-0.25, -0.2) is 22.7 Å². The molecule has 0 aliphatic carbocycles. The summed E-state index contributed by atoms with van der Waals surface area (Å²) in [6.45, 7) is 8.33. The Morgan fingerprint density at radius 2 is 1.43 bits per heavy atom. The smallest absolute Gasteiger partial charge is 0.336 e. The van der Waals surface area contributed by atoms with Crippen molar-refractivity contribution in [1.82, 2.24) is 19.4 Å².